The molecule has 0 spiro atoms. The SMILES string of the molecule is Cc1cc(F)ccc1OCCNC(C)(C)C. The minimum atomic E-state index is -0.224. The van der Waals surface area contributed by atoms with E-state index in [9.17, 15) is 4.39 Å². The normalized spacial score (nSPS) is 11.6. The van der Waals surface area contributed by atoms with E-state index < -0.39 is 0 Å². The lowest BCUT2D eigenvalue weighted by molar-refractivity contribution is 0.289. The van der Waals surface area contributed by atoms with Crippen LogP contribution < -0.4 is 10.1 Å². The Kier molecular flexibility index (Phi) is 4.30. The van der Waals surface area contributed by atoms with Gasteiger partial charge in [-0.2, -0.15) is 0 Å². The van der Waals surface area contributed by atoms with Gasteiger partial charge in [0.2, 0.25) is 0 Å². The van der Waals surface area contributed by atoms with Crippen LogP contribution in [0, 0.1) is 12.7 Å². The highest BCUT2D eigenvalue weighted by molar-refractivity contribution is 5.32. The molecular weight excluding hydrogens is 205 g/mol. The summed E-state index contributed by atoms with van der Waals surface area (Å²) in [6.45, 7) is 9.53. The predicted molar refractivity (Wildman–Crippen MR) is 64.4 cm³/mol. The highest BCUT2D eigenvalue weighted by Crippen LogP contribution is 2.17. The Hall–Kier alpha value is -1.09. The van der Waals surface area contributed by atoms with Crippen LogP contribution in [-0.4, -0.2) is 18.7 Å². The fourth-order valence-electron chi connectivity index (χ4n) is 1.36. The molecular formula is C13H20FNO. The topological polar surface area (TPSA) is 21.3 Å². The number of ether oxygens (including phenoxy) is 1. The van der Waals surface area contributed by atoms with Gasteiger partial charge in [-0.25, -0.2) is 4.39 Å². The summed E-state index contributed by atoms with van der Waals surface area (Å²) in [5.74, 6) is 0.523. The summed E-state index contributed by atoms with van der Waals surface area (Å²) in [6.07, 6.45) is 0. The molecule has 0 saturated carbocycles. The third-order valence-corrected chi connectivity index (χ3v) is 2.15. The second kappa shape index (κ2) is 5.30. The number of hydrogen-bond donors (Lipinski definition) is 1. The van der Waals surface area contributed by atoms with Gasteiger partial charge in [0, 0.05) is 12.1 Å². The first kappa shape index (κ1) is 13.0. The summed E-state index contributed by atoms with van der Waals surface area (Å²) >= 11 is 0. The van der Waals surface area contributed by atoms with Gasteiger partial charge in [0.15, 0.2) is 0 Å². The third-order valence-electron chi connectivity index (χ3n) is 2.15. The van der Waals surface area contributed by atoms with Gasteiger partial charge >= 0.3 is 0 Å². The second-order valence-electron chi connectivity index (χ2n) is 4.94. The molecule has 1 N–H and O–H groups in total. The second-order valence-corrected chi connectivity index (χ2v) is 4.94. The van der Waals surface area contributed by atoms with Gasteiger partial charge in [0.1, 0.15) is 18.2 Å². The van der Waals surface area contributed by atoms with E-state index in [4.69, 9.17) is 4.74 Å². The van der Waals surface area contributed by atoms with E-state index >= 15 is 0 Å². The van der Waals surface area contributed by atoms with Crippen LogP contribution in [0.25, 0.3) is 0 Å². The maximum atomic E-state index is 12.8. The number of aryl methyl sites for hydroxylation is 1. The number of halogens is 1. The molecule has 16 heavy (non-hydrogen) atoms. The van der Waals surface area contributed by atoms with E-state index in [-0.39, 0.29) is 11.4 Å². The molecule has 0 aromatic heterocycles. The number of nitrogens with one attached hydrogen (secondary N) is 1. The van der Waals surface area contributed by atoms with E-state index in [2.05, 4.69) is 26.1 Å². The Bertz CT molecular complexity index is 344. The van der Waals surface area contributed by atoms with Crippen molar-refractivity contribution in [2.24, 2.45) is 0 Å². The van der Waals surface area contributed by atoms with Crippen molar-refractivity contribution in [3.8, 4) is 5.75 Å². The molecule has 0 atom stereocenters. The standard InChI is InChI=1S/C13H20FNO/c1-10-9-11(14)5-6-12(10)16-8-7-15-13(2,3)4/h5-6,9,15H,7-8H2,1-4H3. The van der Waals surface area contributed by atoms with E-state index in [1.165, 1.54) is 12.1 Å². The lowest BCUT2D eigenvalue weighted by Gasteiger charge is -2.20. The highest BCUT2D eigenvalue weighted by atomic mass is 19.1. The predicted octanol–water partition coefficient (Wildman–Crippen LogP) is 2.90. The Morgan fingerprint density at radius 3 is 2.56 bits per heavy atom. The Morgan fingerprint density at radius 1 is 1.31 bits per heavy atom. The average molecular weight is 225 g/mol. The quantitative estimate of drug-likeness (QED) is 0.795. The number of hydrogen-bond acceptors (Lipinski definition) is 2. The van der Waals surface area contributed by atoms with Crippen molar-refractivity contribution in [2.45, 2.75) is 33.2 Å². The molecule has 0 fully saturated rings. The molecule has 0 aliphatic rings. The van der Waals surface area contributed by atoms with Gasteiger partial charge in [0.05, 0.1) is 0 Å². The van der Waals surface area contributed by atoms with Crippen molar-refractivity contribution in [3.63, 3.8) is 0 Å². The van der Waals surface area contributed by atoms with Crippen molar-refractivity contribution in [1.29, 1.82) is 0 Å². The van der Waals surface area contributed by atoms with Crippen LogP contribution in [0.1, 0.15) is 26.3 Å². The first-order chi connectivity index (χ1) is 7.38. The van der Waals surface area contributed by atoms with Crippen LogP contribution in [0.4, 0.5) is 4.39 Å². The summed E-state index contributed by atoms with van der Waals surface area (Å²) in [7, 11) is 0. The summed E-state index contributed by atoms with van der Waals surface area (Å²) in [5.41, 5.74) is 0.928. The van der Waals surface area contributed by atoms with Crippen LogP contribution in [-0.2, 0) is 0 Å². The van der Waals surface area contributed by atoms with Gasteiger partial charge in [-0.3, -0.25) is 0 Å². The van der Waals surface area contributed by atoms with Crippen LogP contribution in [0.15, 0.2) is 18.2 Å². The van der Waals surface area contributed by atoms with Gasteiger partial charge in [-0.1, -0.05) is 0 Å². The molecule has 0 amide bonds. The minimum Gasteiger partial charge on any atom is -0.492 e. The van der Waals surface area contributed by atoms with Crippen molar-refractivity contribution < 1.29 is 9.13 Å². The van der Waals surface area contributed by atoms with Crippen molar-refractivity contribution in [3.05, 3.63) is 29.6 Å². The molecule has 1 rings (SSSR count). The molecule has 0 radical (unpaired) electrons. The summed E-state index contributed by atoms with van der Waals surface area (Å²) in [6, 6.07) is 4.56. The van der Waals surface area contributed by atoms with E-state index in [1.807, 2.05) is 6.92 Å². The van der Waals surface area contributed by atoms with Crippen LogP contribution in [0.3, 0.4) is 0 Å². The van der Waals surface area contributed by atoms with Crippen LogP contribution in [0.2, 0.25) is 0 Å². The summed E-state index contributed by atoms with van der Waals surface area (Å²) in [4.78, 5) is 0. The molecule has 0 aliphatic heterocycles. The Balaban J connectivity index is 2.38. The number of rotatable bonds is 4. The van der Waals surface area contributed by atoms with E-state index in [0.29, 0.717) is 6.61 Å². The van der Waals surface area contributed by atoms with Crippen molar-refractivity contribution >= 4 is 0 Å². The highest BCUT2D eigenvalue weighted by Gasteiger charge is 2.07. The fraction of sp³-hybridized carbons (Fsp3) is 0.538. The monoisotopic (exact) mass is 225 g/mol. The third kappa shape index (κ3) is 4.62. The molecule has 1 aromatic carbocycles. The molecule has 1 aromatic rings. The minimum absolute atomic E-state index is 0.0984. The Labute approximate surface area is 96.8 Å². The molecule has 0 heterocycles. The molecule has 0 saturated heterocycles. The van der Waals surface area contributed by atoms with Crippen LogP contribution >= 0.6 is 0 Å². The van der Waals surface area contributed by atoms with Crippen molar-refractivity contribution in [2.75, 3.05) is 13.2 Å². The Morgan fingerprint density at radius 2 is 2.00 bits per heavy atom. The largest absolute Gasteiger partial charge is 0.492 e. The maximum absolute atomic E-state index is 12.8. The van der Waals surface area contributed by atoms with Crippen molar-refractivity contribution in [1.82, 2.24) is 5.32 Å². The van der Waals surface area contributed by atoms with Gasteiger partial charge in [0.25, 0.3) is 0 Å². The molecule has 3 heteroatoms. The first-order valence-corrected chi connectivity index (χ1v) is 5.52. The van der Waals surface area contributed by atoms with Gasteiger partial charge in [-0.15, -0.1) is 0 Å². The lowest BCUT2D eigenvalue weighted by Crippen LogP contribution is -2.38. The molecule has 0 aliphatic carbocycles. The maximum Gasteiger partial charge on any atom is 0.123 e. The number of benzene rings is 1. The summed E-state index contributed by atoms with van der Waals surface area (Å²) < 4.78 is 18.4. The lowest BCUT2D eigenvalue weighted by atomic mass is 10.1. The summed E-state index contributed by atoms with van der Waals surface area (Å²) in [5, 5.41) is 3.32. The van der Waals surface area contributed by atoms with Gasteiger partial charge < -0.3 is 10.1 Å². The van der Waals surface area contributed by atoms with E-state index in [1.54, 1.807) is 6.07 Å². The van der Waals surface area contributed by atoms with Crippen LogP contribution in [0.5, 0.6) is 5.75 Å². The average Bonchev–Trinajstić information content (AvgIpc) is 2.13. The zero-order valence-electron chi connectivity index (χ0n) is 10.4. The fourth-order valence-corrected chi connectivity index (χ4v) is 1.36. The molecule has 90 valence electrons. The zero-order valence-corrected chi connectivity index (χ0v) is 10.4. The smallest absolute Gasteiger partial charge is 0.123 e. The molecule has 0 unspecified atom stereocenters. The van der Waals surface area contributed by atoms with Gasteiger partial charge in [-0.05, 0) is 51.5 Å². The molecule has 2 nitrogen and oxygen atoms in total. The zero-order chi connectivity index (χ0) is 12.2. The van der Waals surface area contributed by atoms with E-state index in [0.717, 1.165) is 17.9 Å². The molecule has 0 bridgehead atoms. The first-order valence-electron chi connectivity index (χ1n) is 5.52.